The number of nitrogens with zero attached hydrogens (tertiary/aromatic N) is 3. The van der Waals surface area contributed by atoms with Crippen LogP contribution < -0.4 is 10.1 Å². The van der Waals surface area contributed by atoms with Gasteiger partial charge in [0, 0.05) is 0 Å². The number of hydrogen-bond acceptors (Lipinski definition) is 5. The molecule has 0 spiro atoms. The van der Waals surface area contributed by atoms with Crippen molar-refractivity contribution in [2.24, 2.45) is 0 Å². The molecule has 0 aliphatic rings. The molecule has 0 atom stereocenters. The number of halogens is 2. The zero-order chi connectivity index (χ0) is 19.2. The molecule has 1 heterocycles. The van der Waals surface area contributed by atoms with Gasteiger partial charge < -0.3 is 10.1 Å². The molecule has 0 aliphatic carbocycles. The van der Waals surface area contributed by atoms with Crippen LogP contribution in [0, 0.1) is 6.92 Å². The van der Waals surface area contributed by atoms with E-state index in [1.54, 1.807) is 23.0 Å². The normalized spacial score (nSPS) is 10.8. The van der Waals surface area contributed by atoms with Crippen LogP contribution in [-0.2, 0) is 4.79 Å². The van der Waals surface area contributed by atoms with E-state index in [9.17, 15) is 13.6 Å². The number of para-hydroxylation sites is 3. The van der Waals surface area contributed by atoms with Gasteiger partial charge in [-0.3, -0.25) is 9.36 Å². The molecule has 1 amide bonds. The van der Waals surface area contributed by atoms with Crippen molar-refractivity contribution in [2.75, 3.05) is 11.1 Å². The van der Waals surface area contributed by atoms with Crippen LogP contribution in [0.25, 0.3) is 5.69 Å². The molecular formula is C18H16F2N4O2S. The van der Waals surface area contributed by atoms with E-state index in [2.05, 4.69) is 20.3 Å². The Bertz CT molecular complexity index is 933. The highest BCUT2D eigenvalue weighted by atomic mass is 32.2. The highest BCUT2D eigenvalue weighted by Crippen LogP contribution is 2.26. The van der Waals surface area contributed by atoms with Crippen molar-refractivity contribution < 1.29 is 18.3 Å². The van der Waals surface area contributed by atoms with Crippen molar-refractivity contribution in [1.29, 1.82) is 0 Å². The van der Waals surface area contributed by atoms with E-state index in [4.69, 9.17) is 0 Å². The molecule has 0 aliphatic heterocycles. The number of hydrogen-bond donors (Lipinski definition) is 1. The second-order valence-electron chi connectivity index (χ2n) is 5.48. The van der Waals surface area contributed by atoms with Gasteiger partial charge in [-0.05, 0) is 30.7 Å². The first-order chi connectivity index (χ1) is 13.0. The van der Waals surface area contributed by atoms with Crippen molar-refractivity contribution in [3.8, 4) is 11.4 Å². The molecule has 140 valence electrons. The first kappa shape index (κ1) is 18.8. The Morgan fingerprint density at radius 2 is 1.96 bits per heavy atom. The average Bonchev–Trinajstić information content (AvgIpc) is 3.10. The Balaban J connectivity index is 1.66. The van der Waals surface area contributed by atoms with Crippen molar-refractivity contribution in [2.45, 2.75) is 18.7 Å². The molecule has 0 bridgehead atoms. The van der Waals surface area contributed by atoms with Gasteiger partial charge in [0.1, 0.15) is 12.1 Å². The lowest BCUT2D eigenvalue weighted by Crippen LogP contribution is -2.16. The summed E-state index contributed by atoms with van der Waals surface area (Å²) in [7, 11) is 0. The summed E-state index contributed by atoms with van der Waals surface area (Å²) in [6, 6.07) is 13.8. The minimum Gasteiger partial charge on any atom is -0.433 e. The molecule has 3 aromatic rings. The number of benzene rings is 2. The van der Waals surface area contributed by atoms with Gasteiger partial charge in [-0.25, -0.2) is 0 Å². The highest BCUT2D eigenvalue weighted by molar-refractivity contribution is 7.99. The smallest absolute Gasteiger partial charge is 0.387 e. The van der Waals surface area contributed by atoms with Crippen molar-refractivity contribution in [3.63, 3.8) is 0 Å². The second-order valence-corrected chi connectivity index (χ2v) is 6.42. The van der Waals surface area contributed by atoms with Crippen LogP contribution in [0.5, 0.6) is 5.75 Å². The van der Waals surface area contributed by atoms with Gasteiger partial charge in [0.2, 0.25) is 5.91 Å². The van der Waals surface area contributed by atoms with Gasteiger partial charge in [0.25, 0.3) is 0 Å². The van der Waals surface area contributed by atoms with Crippen LogP contribution in [0.15, 0.2) is 60.0 Å². The number of ether oxygens (including phenoxy) is 1. The summed E-state index contributed by atoms with van der Waals surface area (Å²) in [5.74, 6) is -0.424. The van der Waals surface area contributed by atoms with Crippen molar-refractivity contribution >= 4 is 23.4 Å². The molecule has 0 fully saturated rings. The van der Waals surface area contributed by atoms with Gasteiger partial charge in [0.15, 0.2) is 5.16 Å². The van der Waals surface area contributed by atoms with Gasteiger partial charge in [0.05, 0.1) is 17.1 Å². The van der Waals surface area contributed by atoms with E-state index in [0.717, 1.165) is 11.3 Å². The van der Waals surface area contributed by atoms with Crippen molar-refractivity contribution in [1.82, 2.24) is 14.8 Å². The first-order valence-electron chi connectivity index (χ1n) is 7.97. The van der Waals surface area contributed by atoms with Gasteiger partial charge in [-0.2, -0.15) is 8.78 Å². The predicted octanol–water partition coefficient (Wildman–Crippen LogP) is 3.91. The number of anilines is 1. The molecule has 0 saturated carbocycles. The topological polar surface area (TPSA) is 69.0 Å². The predicted molar refractivity (Wildman–Crippen MR) is 98.5 cm³/mol. The third-order valence-corrected chi connectivity index (χ3v) is 4.54. The monoisotopic (exact) mass is 390 g/mol. The number of carbonyl (C=O) groups is 1. The third-order valence-electron chi connectivity index (χ3n) is 3.60. The summed E-state index contributed by atoms with van der Waals surface area (Å²) in [5.41, 5.74) is 2.14. The largest absolute Gasteiger partial charge is 0.433 e. The number of thioether (sulfide) groups is 1. The summed E-state index contributed by atoms with van der Waals surface area (Å²) in [6.45, 7) is -0.999. The maximum absolute atomic E-state index is 12.5. The minimum atomic E-state index is -2.97. The lowest BCUT2D eigenvalue weighted by Gasteiger charge is -2.12. The number of aromatic nitrogens is 3. The number of amides is 1. The molecule has 2 aromatic carbocycles. The average molecular weight is 390 g/mol. The molecule has 6 nitrogen and oxygen atoms in total. The highest BCUT2D eigenvalue weighted by Gasteiger charge is 2.14. The number of aryl methyl sites for hydroxylation is 1. The Hall–Kier alpha value is -2.94. The quantitative estimate of drug-likeness (QED) is 0.620. The van der Waals surface area contributed by atoms with Crippen LogP contribution in [0.3, 0.4) is 0 Å². The lowest BCUT2D eigenvalue weighted by molar-refractivity contribution is -0.113. The van der Waals surface area contributed by atoms with Crippen LogP contribution in [0.2, 0.25) is 0 Å². The molecule has 27 heavy (non-hydrogen) atoms. The molecule has 3 rings (SSSR count). The van der Waals surface area contributed by atoms with Crippen molar-refractivity contribution in [3.05, 3.63) is 60.4 Å². The summed E-state index contributed by atoms with van der Waals surface area (Å²) < 4.78 is 31.1. The number of carbonyl (C=O) groups excluding carboxylic acids is 1. The molecule has 9 heteroatoms. The minimum absolute atomic E-state index is 0.0353. The second kappa shape index (κ2) is 8.63. The standard InChI is InChI=1S/C18H16F2N4O2S/c1-12-6-2-4-8-14(12)24-11-21-23-18(24)27-10-16(25)22-13-7-3-5-9-15(13)26-17(19)20/h2-9,11,17H,10H2,1H3,(H,22,25). The SMILES string of the molecule is Cc1ccccc1-n1cnnc1SCC(=O)Nc1ccccc1OC(F)F. The molecule has 1 N–H and O–H groups in total. The Morgan fingerprint density at radius 1 is 1.22 bits per heavy atom. The first-order valence-corrected chi connectivity index (χ1v) is 8.95. The zero-order valence-corrected chi connectivity index (χ0v) is 15.1. The van der Waals surface area contributed by atoms with Gasteiger partial charge >= 0.3 is 6.61 Å². The molecular weight excluding hydrogens is 374 g/mol. The van der Waals surface area contributed by atoms with E-state index < -0.39 is 6.61 Å². The van der Waals surface area contributed by atoms with Crippen LogP contribution in [0.4, 0.5) is 14.5 Å². The van der Waals surface area contributed by atoms with Crippen LogP contribution >= 0.6 is 11.8 Å². The fourth-order valence-corrected chi connectivity index (χ4v) is 3.13. The fraction of sp³-hybridized carbons (Fsp3) is 0.167. The van der Waals surface area contributed by atoms with E-state index in [1.165, 1.54) is 23.9 Å². The summed E-state index contributed by atoms with van der Waals surface area (Å²) >= 11 is 1.19. The number of nitrogens with one attached hydrogen (secondary N) is 1. The lowest BCUT2D eigenvalue weighted by atomic mass is 10.2. The van der Waals surface area contributed by atoms with E-state index in [0.29, 0.717) is 5.16 Å². The summed E-state index contributed by atoms with van der Waals surface area (Å²) in [4.78, 5) is 12.2. The Kier molecular flexibility index (Phi) is 6.02. The number of rotatable bonds is 7. The Morgan fingerprint density at radius 3 is 2.74 bits per heavy atom. The maximum Gasteiger partial charge on any atom is 0.387 e. The molecule has 0 unspecified atom stereocenters. The molecule has 0 radical (unpaired) electrons. The van der Waals surface area contributed by atoms with Crippen LogP contribution in [0.1, 0.15) is 5.56 Å². The fourth-order valence-electron chi connectivity index (χ4n) is 2.41. The maximum atomic E-state index is 12.5. The van der Waals surface area contributed by atoms with Gasteiger partial charge in [-0.15, -0.1) is 10.2 Å². The molecule has 1 aromatic heterocycles. The zero-order valence-electron chi connectivity index (χ0n) is 14.3. The van der Waals surface area contributed by atoms with Crippen LogP contribution in [-0.4, -0.2) is 33.0 Å². The summed E-state index contributed by atoms with van der Waals surface area (Å²) in [5, 5.41) is 11.1. The summed E-state index contributed by atoms with van der Waals surface area (Å²) in [6.07, 6.45) is 1.58. The number of alkyl halides is 2. The van der Waals surface area contributed by atoms with E-state index >= 15 is 0 Å². The molecule has 0 saturated heterocycles. The van der Waals surface area contributed by atoms with Gasteiger partial charge in [-0.1, -0.05) is 42.1 Å². The van der Waals surface area contributed by atoms with E-state index in [-0.39, 0.29) is 23.1 Å². The third kappa shape index (κ3) is 4.82. The van der Waals surface area contributed by atoms with E-state index in [1.807, 2.05) is 31.2 Å². The Labute approximate surface area is 158 Å².